The van der Waals surface area contributed by atoms with E-state index in [2.05, 4.69) is 26.0 Å². The topological polar surface area (TPSA) is 94.5 Å². The maximum absolute atomic E-state index is 14.6. The minimum Gasteiger partial charge on any atom is -0.465 e. The van der Waals surface area contributed by atoms with Crippen LogP contribution >= 0.6 is 15.9 Å². The first-order chi connectivity index (χ1) is 12.0. The van der Waals surface area contributed by atoms with Gasteiger partial charge in [-0.2, -0.15) is 4.39 Å². The Morgan fingerprint density at radius 3 is 2.42 bits per heavy atom. The summed E-state index contributed by atoms with van der Waals surface area (Å²) in [5, 5.41) is 2.33. The van der Waals surface area contributed by atoms with E-state index in [-0.39, 0.29) is 15.4 Å². The highest BCUT2D eigenvalue weighted by Gasteiger charge is 2.29. The van der Waals surface area contributed by atoms with Crippen LogP contribution < -0.4 is 10.9 Å². The average molecular weight is 451 g/mol. The third kappa shape index (κ3) is 3.63. The van der Waals surface area contributed by atoms with E-state index in [4.69, 9.17) is 0 Å². The number of esters is 1. The number of nitrogens with zero attached hydrogens (tertiary/aromatic N) is 1. The number of nitrogens with one attached hydrogen (secondary N) is 1. The molecule has 2 rings (SSSR count). The van der Waals surface area contributed by atoms with Crippen LogP contribution in [0.4, 0.5) is 20.2 Å². The molecule has 0 aliphatic carbocycles. The first-order valence-electron chi connectivity index (χ1n) is 6.95. The molecule has 7 nitrogen and oxygen atoms in total. The summed E-state index contributed by atoms with van der Waals surface area (Å²) in [5.41, 5.74) is -3.32. The number of aromatic nitrogens is 1. The molecule has 2 aromatic rings. The minimum absolute atomic E-state index is 0.151. The molecule has 0 atom stereocenters. The molecule has 0 saturated heterocycles. The first-order valence-corrected chi connectivity index (χ1v) is 9.59. The second kappa shape index (κ2) is 7.16. The second-order valence-corrected chi connectivity index (χ2v) is 7.97. The first kappa shape index (κ1) is 20.0. The predicted octanol–water partition coefficient (Wildman–Crippen LogP) is 2.54. The monoisotopic (exact) mass is 450 g/mol. The standard InChI is InChI=1S/C15H13BrF2N2O5S/c1-7-11(15(22)25-2)13(12(18)14(21)20(7)26(3,23)24)19-10-5-4-8(16)6-9(10)17/h4-6,19H,1-3H3. The van der Waals surface area contributed by atoms with Gasteiger partial charge in [-0.25, -0.2) is 21.6 Å². The number of methoxy groups -OCH3 is 1. The Balaban J connectivity index is 2.84. The fourth-order valence-corrected chi connectivity index (χ4v) is 3.64. The van der Waals surface area contributed by atoms with Crippen molar-refractivity contribution in [1.29, 1.82) is 0 Å². The van der Waals surface area contributed by atoms with Crippen LogP contribution in [0.15, 0.2) is 27.5 Å². The summed E-state index contributed by atoms with van der Waals surface area (Å²) < 4.78 is 57.4. The van der Waals surface area contributed by atoms with Crippen molar-refractivity contribution in [3.8, 4) is 0 Å². The number of hydrogen-bond donors (Lipinski definition) is 1. The molecule has 1 aromatic heterocycles. The molecule has 0 aliphatic heterocycles. The van der Waals surface area contributed by atoms with E-state index in [9.17, 15) is 26.8 Å². The normalized spacial score (nSPS) is 11.3. The number of rotatable bonds is 4. The molecule has 1 heterocycles. The minimum atomic E-state index is -4.21. The second-order valence-electron chi connectivity index (χ2n) is 5.22. The van der Waals surface area contributed by atoms with Crippen molar-refractivity contribution in [1.82, 2.24) is 3.97 Å². The number of benzene rings is 1. The maximum atomic E-state index is 14.6. The van der Waals surface area contributed by atoms with Gasteiger partial charge in [0.15, 0.2) is 0 Å². The fourth-order valence-electron chi connectivity index (χ4n) is 2.33. The van der Waals surface area contributed by atoms with Gasteiger partial charge in [-0.1, -0.05) is 15.9 Å². The number of carbonyl (C=O) groups excluding carboxylic acids is 1. The van der Waals surface area contributed by atoms with Crippen LogP contribution in [0.5, 0.6) is 0 Å². The lowest BCUT2D eigenvalue weighted by Gasteiger charge is -2.17. The summed E-state index contributed by atoms with van der Waals surface area (Å²) in [6.45, 7) is 1.14. The molecular weight excluding hydrogens is 438 g/mol. The Morgan fingerprint density at radius 1 is 1.31 bits per heavy atom. The molecule has 11 heteroatoms. The number of hydrogen-bond acceptors (Lipinski definition) is 6. The molecule has 0 fully saturated rings. The zero-order valence-electron chi connectivity index (χ0n) is 13.8. The average Bonchev–Trinajstić information content (AvgIpc) is 2.53. The van der Waals surface area contributed by atoms with Crippen LogP contribution in [0.2, 0.25) is 0 Å². The Bertz CT molecular complexity index is 1070. The van der Waals surface area contributed by atoms with E-state index in [0.717, 1.165) is 20.1 Å². The van der Waals surface area contributed by atoms with Gasteiger partial charge in [0.25, 0.3) is 0 Å². The molecule has 0 spiro atoms. The Hall–Kier alpha value is -2.27. The summed E-state index contributed by atoms with van der Waals surface area (Å²) in [5.74, 6) is -3.46. The lowest BCUT2D eigenvalue weighted by Crippen LogP contribution is -2.33. The van der Waals surface area contributed by atoms with Crippen LogP contribution in [-0.4, -0.2) is 31.7 Å². The van der Waals surface area contributed by atoms with E-state index >= 15 is 0 Å². The lowest BCUT2D eigenvalue weighted by atomic mass is 10.1. The molecule has 0 amide bonds. The highest BCUT2D eigenvalue weighted by Crippen LogP contribution is 2.29. The Morgan fingerprint density at radius 2 is 1.92 bits per heavy atom. The van der Waals surface area contributed by atoms with Gasteiger partial charge in [0.2, 0.25) is 15.8 Å². The van der Waals surface area contributed by atoms with E-state index in [1.165, 1.54) is 12.1 Å². The molecule has 140 valence electrons. The van der Waals surface area contributed by atoms with E-state index in [0.29, 0.717) is 10.7 Å². The number of anilines is 2. The number of halogens is 3. The van der Waals surface area contributed by atoms with Crippen LogP contribution in [0.25, 0.3) is 0 Å². The maximum Gasteiger partial charge on any atom is 0.341 e. The molecular formula is C15H13BrF2N2O5S. The summed E-state index contributed by atoms with van der Waals surface area (Å²) in [7, 11) is -3.21. The van der Waals surface area contributed by atoms with Crippen molar-refractivity contribution in [2.45, 2.75) is 6.92 Å². The third-order valence-corrected chi connectivity index (χ3v) is 5.02. The SMILES string of the molecule is COC(=O)c1c(Nc2ccc(Br)cc2F)c(F)c(=O)n(S(C)(=O)=O)c1C. The van der Waals surface area contributed by atoms with Gasteiger partial charge in [0, 0.05) is 4.47 Å². The van der Waals surface area contributed by atoms with Gasteiger partial charge in [-0.15, -0.1) is 0 Å². The predicted molar refractivity (Wildman–Crippen MR) is 94.4 cm³/mol. The number of carbonyl (C=O) groups is 1. The smallest absolute Gasteiger partial charge is 0.341 e. The fraction of sp³-hybridized carbons (Fsp3) is 0.200. The summed E-state index contributed by atoms with van der Waals surface area (Å²) >= 11 is 3.06. The molecule has 26 heavy (non-hydrogen) atoms. The number of pyridine rings is 1. The largest absolute Gasteiger partial charge is 0.465 e. The van der Waals surface area contributed by atoms with Gasteiger partial charge in [-0.3, -0.25) is 4.79 Å². The van der Waals surface area contributed by atoms with Gasteiger partial charge in [-0.05, 0) is 25.1 Å². The van der Waals surface area contributed by atoms with E-state index < -0.39 is 44.4 Å². The van der Waals surface area contributed by atoms with Crippen molar-refractivity contribution >= 4 is 43.3 Å². The van der Waals surface area contributed by atoms with E-state index in [1.807, 2.05) is 0 Å². The van der Waals surface area contributed by atoms with Crippen molar-refractivity contribution < 1.29 is 26.7 Å². The quantitative estimate of drug-likeness (QED) is 0.719. The third-order valence-electron chi connectivity index (χ3n) is 3.42. The Kier molecular flexibility index (Phi) is 5.52. The van der Waals surface area contributed by atoms with Gasteiger partial charge in [0.1, 0.15) is 11.4 Å². The van der Waals surface area contributed by atoms with Crippen LogP contribution in [0.3, 0.4) is 0 Å². The molecule has 1 aromatic carbocycles. The van der Waals surface area contributed by atoms with Crippen LogP contribution in [0.1, 0.15) is 16.1 Å². The summed E-state index contributed by atoms with van der Waals surface area (Å²) in [6, 6.07) is 3.78. The van der Waals surface area contributed by atoms with Crippen molar-refractivity contribution in [2.75, 3.05) is 18.7 Å². The molecule has 0 unspecified atom stereocenters. The van der Waals surface area contributed by atoms with Crippen LogP contribution in [0, 0.1) is 18.6 Å². The van der Waals surface area contributed by atoms with E-state index in [1.54, 1.807) is 0 Å². The highest BCUT2D eigenvalue weighted by atomic mass is 79.9. The highest BCUT2D eigenvalue weighted by molar-refractivity contribution is 9.10. The zero-order chi connectivity index (χ0) is 19.8. The summed E-state index contributed by atoms with van der Waals surface area (Å²) in [4.78, 5) is 24.3. The molecule has 0 bridgehead atoms. The van der Waals surface area contributed by atoms with Crippen molar-refractivity contribution in [3.05, 3.63) is 55.9 Å². The van der Waals surface area contributed by atoms with Gasteiger partial charge in [0.05, 0.1) is 30.4 Å². The lowest BCUT2D eigenvalue weighted by molar-refractivity contribution is 0.0599. The van der Waals surface area contributed by atoms with Crippen molar-refractivity contribution in [2.24, 2.45) is 0 Å². The Labute approximate surface area is 155 Å². The molecule has 1 N–H and O–H groups in total. The number of ether oxygens (including phenoxy) is 1. The van der Waals surface area contributed by atoms with Crippen LogP contribution in [-0.2, 0) is 14.8 Å². The van der Waals surface area contributed by atoms with Gasteiger partial charge >= 0.3 is 11.5 Å². The molecule has 0 aliphatic rings. The van der Waals surface area contributed by atoms with Crippen molar-refractivity contribution in [3.63, 3.8) is 0 Å². The summed E-state index contributed by atoms with van der Waals surface area (Å²) in [6.07, 6.45) is 0.684. The molecule has 0 saturated carbocycles. The van der Waals surface area contributed by atoms with Gasteiger partial charge < -0.3 is 10.1 Å². The zero-order valence-corrected chi connectivity index (χ0v) is 16.2. The molecule has 0 radical (unpaired) electrons.